The highest BCUT2D eigenvalue weighted by Gasteiger charge is 2.34. The van der Waals surface area contributed by atoms with Gasteiger partial charge in [0.1, 0.15) is 30.2 Å². The van der Waals surface area contributed by atoms with Crippen LogP contribution in [0.4, 0.5) is 23.2 Å². The van der Waals surface area contributed by atoms with E-state index >= 15 is 0 Å². The normalized spacial score (nSPS) is 11.6. The van der Waals surface area contributed by atoms with Gasteiger partial charge in [0.25, 0.3) is 5.91 Å². The Balaban J connectivity index is 1.86. The van der Waals surface area contributed by atoms with Gasteiger partial charge >= 0.3 is 6.18 Å². The van der Waals surface area contributed by atoms with E-state index < -0.39 is 29.3 Å². The Bertz CT molecular complexity index is 1050. The van der Waals surface area contributed by atoms with Crippen LogP contribution in [0.25, 0.3) is 5.95 Å². The fourth-order valence-electron chi connectivity index (χ4n) is 2.45. The maximum absolute atomic E-state index is 13.9. The van der Waals surface area contributed by atoms with Gasteiger partial charge in [0.05, 0.1) is 0 Å². The van der Waals surface area contributed by atoms with Crippen molar-refractivity contribution < 1.29 is 27.1 Å². The summed E-state index contributed by atoms with van der Waals surface area (Å²) >= 11 is 0. The summed E-state index contributed by atoms with van der Waals surface area (Å²) in [7, 11) is 3.69. The van der Waals surface area contributed by atoms with E-state index in [-0.39, 0.29) is 24.0 Å². The number of halogens is 4. The van der Waals surface area contributed by atoms with E-state index in [1.807, 2.05) is 19.0 Å². The topological polar surface area (TPSA) is 85.2 Å². The summed E-state index contributed by atoms with van der Waals surface area (Å²) in [5.74, 6) is -1.88. The summed E-state index contributed by atoms with van der Waals surface area (Å²) in [5, 5.41) is 2.34. The number of anilines is 1. The predicted octanol–water partition coefficient (Wildman–Crippen LogP) is 3.01. The number of imidazole rings is 1. The van der Waals surface area contributed by atoms with Crippen LogP contribution >= 0.6 is 0 Å². The van der Waals surface area contributed by atoms with Crippen LogP contribution in [-0.4, -0.2) is 57.6 Å². The highest BCUT2D eigenvalue weighted by atomic mass is 19.4. The minimum Gasteiger partial charge on any atom is -0.492 e. The Hall–Kier alpha value is -3.54. The van der Waals surface area contributed by atoms with E-state index in [4.69, 9.17) is 4.74 Å². The number of rotatable bonds is 7. The Morgan fingerprint density at radius 2 is 1.97 bits per heavy atom. The van der Waals surface area contributed by atoms with Gasteiger partial charge in [0.15, 0.2) is 5.69 Å². The standard InChI is InChI=1S/C19H18F4N6O2/c1-28(2)5-6-31-14-8-12(20)7-13(9-14)25-17(30)15-10-16(19(21,22)23)27-18(26-15)29-4-3-24-11-29/h3-4,7-11H,5-6H2,1-2H3,(H,25,30). The van der Waals surface area contributed by atoms with Crippen LogP contribution in [0.5, 0.6) is 5.75 Å². The Morgan fingerprint density at radius 1 is 1.19 bits per heavy atom. The lowest BCUT2D eigenvalue weighted by Crippen LogP contribution is -2.20. The number of hydrogen-bond donors (Lipinski definition) is 1. The summed E-state index contributed by atoms with van der Waals surface area (Å²) in [4.78, 5) is 25.5. The molecule has 12 heteroatoms. The minimum atomic E-state index is -4.81. The lowest BCUT2D eigenvalue weighted by molar-refractivity contribution is -0.141. The number of nitrogens with zero attached hydrogens (tertiary/aromatic N) is 5. The summed E-state index contributed by atoms with van der Waals surface area (Å²) in [6.45, 7) is 0.856. The van der Waals surface area contributed by atoms with Crippen LogP contribution in [0.3, 0.4) is 0 Å². The predicted molar refractivity (Wildman–Crippen MR) is 103 cm³/mol. The van der Waals surface area contributed by atoms with Crippen molar-refractivity contribution in [3.63, 3.8) is 0 Å². The first-order valence-corrected chi connectivity index (χ1v) is 8.96. The Morgan fingerprint density at radius 3 is 2.61 bits per heavy atom. The molecule has 0 atom stereocenters. The number of hydrogen-bond acceptors (Lipinski definition) is 6. The third kappa shape index (κ3) is 5.98. The summed E-state index contributed by atoms with van der Waals surface area (Å²) in [6, 6.07) is 4.02. The SMILES string of the molecule is CN(C)CCOc1cc(F)cc(NC(=O)c2cc(C(F)(F)F)nc(-n3ccnc3)n2)c1. The molecule has 0 aliphatic heterocycles. The zero-order valence-electron chi connectivity index (χ0n) is 16.5. The molecule has 0 aliphatic carbocycles. The van der Waals surface area contributed by atoms with Crippen molar-refractivity contribution in [3.05, 3.63) is 60.2 Å². The average Bonchev–Trinajstić information content (AvgIpc) is 3.21. The second kappa shape index (κ2) is 9.08. The molecule has 0 bridgehead atoms. The van der Waals surface area contributed by atoms with E-state index in [1.54, 1.807) is 0 Å². The number of amides is 1. The molecule has 0 aliphatic rings. The van der Waals surface area contributed by atoms with Crippen LogP contribution in [0, 0.1) is 5.82 Å². The number of ether oxygens (including phenoxy) is 1. The number of aromatic nitrogens is 4. The number of nitrogens with one attached hydrogen (secondary N) is 1. The fraction of sp³-hybridized carbons (Fsp3) is 0.263. The third-order valence-corrected chi connectivity index (χ3v) is 3.91. The number of carbonyl (C=O) groups excluding carboxylic acids is 1. The van der Waals surface area contributed by atoms with Crippen molar-refractivity contribution in [1.82, 2.24) is 24.4 Å². The molecule has 1 aromatic carbocycles. The molecule has 0 fully saturated rings. The molecule has 1 amide bonds. The zero-order valence-corrected chi connectivity index (χ0v) is 16.5. The quantitative estimate of drug-likeness (QED) is 0.571. The number of benzene rings is 1. The largest absolute Gasteiger partial charge is 0.492 e. The number of carbonyl (C=O) groups is 1. The molecule has 0 spiro atoms. The minimum absolute atomic E-state index is 0.00112. The number of likely N-dealkylation sites (N-methyl/N-ethyl adjacent to an activating group) is 1. The lowest BCUT2D eigenvalue weighted by Gasteiger charge is -2.13. The highest BCUT2D eigenvalue weighted by Crippen LogP contribution is 2.29. The van der Waals surface area contributed by atoms with Crippen molar-refractivity contribution in [1.29, 1.82) is 0 Å². The van der Waals surface area contributed by atoms with Crippen molar-refractivity contribution in [2.75, 3.05) is 32.6 Å². The van der Waals surface area contributed by atoms with Gasteiger partial charge in [-0.2, -0.15) is 13.2 Å². The van der Waals surface area contributed by atoms with Crippen molar-refractivity contribution in [2.45, 2.75) is 6.18 Å². The van der Waals surface area contributed by atoms with Gasteiger partial charge in [-0.3, -0.25) is 9.36 Å². The molecule has 0 radical (unpaired) electrons. The van der Waals surface area contributed by atoms with Gasteiger partial charge in [-0.1, -0.05) is 0 Å². The second-order valence-corrected chi connectivity index (χ2v) is 6.69. The maximum atomic E-state index is 13.9. The van der Waals surface area contributed by atoms with Gasteiger partial charge in [-0.15, -0.1) is 0 Å². The molecule has 8 nitrogen and oxygen atoms in total. The van der Waals surface area contributed by atoms with Crippen LogP contribution in [0.15, 0.2) is 43.0 Å². The zero-order chi connectivity index (χ0) is 22.6. The molecule has 3 rings (SSSR count). The first kappa shape index (κ1) is 22.2. The second-order valence-electron chi connectivity index (χ2n) is 6.69. The van der Waals surface area contributed by atoms with Gasteiger partial charge in [0.2, 0.25) is 5.95 Å². The maximum Gasteiger partial charge on any atom is 0.433 e. The molecule has 164 valence electrons. The van der Waals surface area contributed by atoms with E-state index in [1.165, 1.54) is 24.8 Å². The van der Waals surface area contributed by atoms with Gasteiger partial charge in [0, 0.05) is 42.8 Å². The van der Waals surface area contributed by atoms with Crippen molar-refractivity contribution >= 4 is 11.6 Å². The monoisotopic (exact) mass is 438 g/mol. The van der Waals surface area contributed by atoms with Gasteiger partial charge in [-0.05, 0) is 20.2 Å². The average molecular weight is 438 g/mol. The first-order chi connectivity index (χ1) is 14.6. The Kier molecular flexibility index (Phi) is 6.49. The van der Waals surface area contributed by atoms with Gasteiger partial charge in [-0.25, -0.2) is 19.3 Å². The smallest absolute Gasteiger partial charge is 0.433 e. The number of alkyl halides is 3. The molecule has 1 N–H and O–H groups in total. The molecule has 2 aromatic heterocycles. The molecule has 0 saturated heterocycles. The molecule has 31 heavy (non-hydrogen) atoms. The Labute approximate surface area is 174 Å². The molecule has 2 heterocycles. The van der Waals surface area contributed by atoms with Crippen LogP contribution in [0.2, 0.25) is 0 Å². The summed E-state index contributed by atoms with van der Waals surface area (Å²) < 4.78 is 60.2. The highest BCUT2D eigenvalue weighted by molar-refractivity contribution is 6.03. The fourth-order valence-corrected chi connectivity index (χ4v) is 2.45. The van der Waals surface area contributed by atoms with E-state index in [9.17, 15) is 22.4 Å². The van der Waals surface area contributed by atoms with E-state index in [0.29, 0.717) is 12.6 Å². The molecule has 3 aromatic rings. The van der Waals surface area contributed by atoms with Gasteiger partial charge < -0.3 is 15.0 Å². The summed E-state index contributed by atoms with van der Waals surface area (Å²) in [5.41, 5.74) is -1.85. The van der Waals surface area contributed by atoms with Crippen molar-refractivity contribution in [3.8, 4) is 11.7 Å². The van der Waals surface area contributed by atoms with Crippen LogP contribution in [-0.2, 0) is 6.18 Å². The molecule has 0 saturated carbocycles. The van der Waals surface area contributed by atoms with E-state index in [2.05, 4.69) is 20.3 Å². The molecule has 0 unspecified atom stereocenters. The lowest BCUT2D eigenvalue weighted by atomic mass is 10.2. The summed E-state index contributed by atoms with van der Waals surface area (Å²) in [6.07, 6.45) is -0.949. The van der Waals surface area contributed by atoms with E-state index in [0.717, 1.165) is 16.7 Å². The third-order valence-electron chi connectivity index (χ3n) is 3.91. The van der Waals surface area contributed by atoms with Crippen LogP contribution in [0.1, 0.15) is 16.2 Å². The molecular formula is C19H18F4N6O2. The van der Waals surface area contributed by atoms with Crippen LogP contribution < -0.4 is 10.1 Å². The first-order valence-electron chi connectivity index (χ1n) is 8.96. The van der Waals surface area contributed by atoms with Crippen molar-refractivity contribution in [2.24, 2.45) is 0 Å². The molecular weight excluding hydrogens is 420 g/mol.